The van der Waals surface area contributed by atoms with E-state index in [0.717, 1.165) is 5.56 Å². The summed E-state index contributed by atoms with van der Waals surface area (Å²) in [5.41, 5.74) is 1.72. The summed E-state index contributed by atoms with van der Waals surface area (Å²) < 4.78 is 7.00. The number of benzene rings is 1. The van der Waals surface area contributed by atoms with E-state index < -0.39 is 37.1 Å². The van der Waals surface area contributed by atoms with Gasteiger partial charge in [0.05, 0.1) is 18.5 Å². The highest BCUT2D eigenvalue weighted by Gasteiger charge is 2.44. The van der Waals surface area contributed by atoms with Crippen LogP contribution in [0.5, 0.6) is 0 Å². The summed E-state index contributed by atoms with van der Waals surface area (Å²) in [7, 11) is 0. The quantitative estimate of drug-likeness (QED) is 0.372. The zero-order chi connectivity index (χ0) is 20.5. The van der Waals surface area contributed by atoms with Crippen LogP contribution in [0.4, 0.5) is 5.82 Å². The third-order valence-corrected chi connectivity index (χ3v) is 4.78. The molecule has 3 aromatic rings. The smallest absolute Gasteiger partial charge is 0.335 e. The summed E-state index contributed by atoms with van der Waals surface area (Å²) >= 11 is 0. The molecular formula is C18H19N5O6. The van der Waals surface area contributed by atoms with Crippen LogP contribution in [-0.2, 0) is 11.3 Å². The number of hydrogen-bond donors (Lipinski definition) is 5. The number of ether oxygens (including phenoxy) is 1. The highest BCUT2D eigenvalue weighted by atomic mass is 16.6. The SMILES string of the molecule is O=C(O)c1cccc(CNc2ncnc3c2ncn3C2O[C@H](CO)[C@@H](O)[C@H]2O)c1. The molecule has 11 heteroatoms. The van der Waals surface area contributed by atoms with Crippen molar-refractivity contribution in [2.45, 2.75) is 31.1 Å². The molecule has 0 bridgehead atoms. The number of aliphatic hydroxyl groups excluding tert-OH is 3. The van der Waals surface area contributed by atoms with Crippen LogP contribution in [-0.4, -0.2) is 70.8 Å². The van der Waals surface area contributed by atoms with Crippen LogP contribution in [0.25, 0.3) is 11.2 Å². The van der Waals surface area contributed by atoms with Gasteiger partial charge < -0.3 is 30.5 Å². The van der Waals surface area contributed by atoms with Gasteiger partial charge in [0.2, 0.25) is 0 Å². The lowest BCUT2D eigenvalue weighted by Gasteiger charge is -2.16. The van der Waals surface area contributed by atoms with E-state index >= 15 is 0 Å². The van der Waals surface area contributed by atoms with Gasteiger partial charge in [-0.25, -0.2) is 19.7 Å². The monoisotopic (exact) mass is 401 g/mol. The number of rotatable bonds is 6. The zero-order valence-electron chi connectivity index (χ0n) is 15.1. The molecule has 1 aliphatic heterocycles. The third-order valence-electron chi connectivity index (χ3n) is 4.78. The fourth-order valence-electron chi connectivity index (χ4n) is 3.28. The molecule has 0 amide bonds. The minimum absolute atomic E-state index is 0.186. The predicted octanol–water partition coefficient (Wildman–Crippen LogP) is -0.252. The summed E-state index contributed by atoms with van der Waals surface area (Å²) in [5.74, 6) is -0.588. The zero-order valence-corrected chi connectivity index (χ0v) is 15.1. The molecule has 0 saturated carbocycles. The lowest BCUT2D eigenvalue weighted by molar-refractivity contribution is -0.0511. The van der Waals surface area contributed by atoms with Crippen LogP contribution in [0.15, 0.2) is 36.9 Å². The average Bonchev–Trinajstić information content (AvgIpc) is 3.28. The second-order valence-corrected chi connectivity index (χ2v) is 6.63. The van der Waals surface area contributed by atoms with Crippen molar-refractivity contribution in [3.8, 4) is 0 Å². The summed E-state index contributed by atoms with van der Waals surface area (Å²) in [6.07, 6.45) is -1.62. The number of carboxylic acids is 1. The summed E-state index contributed by atoms with van der Waals surface area (Å²) in [6, 6.07) is 6.52. The fraction of sp³-hybridized carbons (Fsp3) is 0.333. The first kappa shape index (κ1) is 19.2. The molecule has 1 aromatic carbocycles. The van der Waals surface area contributed by atoms with Crippen molar-refractivity contribution >= 4 is 23.0 Å². The van der Waals surface area contributed by atoms with Crippen LogP contribution in [0.2, 0.25) is 0 Å². The van der Waals surface area contributed by atoms with Crippen molar-refractivity contribution in [3.05, 3.63) is 48.0 Å². The minimum atomic E-state index is -1.25. The van der Waals surface area contributed by atoms with E-state index in [4.69, 9.17) is 9.84 Å². The Morgan fingerprint density at radius 3 is 2.76 bits per heavy atom. The molecule has 0 radical (unpaired) electrons. The number of aliphatic hydroxyl groups is 3. The lowest BCUT2D eigenvalue weighted by atomic mass is 10.1. The predicted molar refractivity (Wildman–Crippen MR) is 99.1 cm³/mol. The van der Waals surface area contributed by atoms with Crippen molar-refractivity contribution in [2.24, 2.45) is 0 Å². The van der Waals surface area contributed by atoms with Crippen LogP contribution in [0, 0.1) is 0 Å². The number of fused-ring (bicyclic) bond motifs is 1. The van der Waals surface area contributed by atoms with E-state index in [1.807, 2.05) is 0 Å². The number of aromatic nitrogens is 4. The van der Waals surface area contributed by atoms with Crippen molar-refractivity contribution < 1.29 is 30.0 Å². The second kappa shape index (κ2) is 7.72. The molecule has 0 spiro atoms. The van der Waals surface area contributed by atoms with E-state index in [2.05, 4.69) is 20.3 Å². The van der Waals surface area contributed by atoms with E-state index in [0.29, 0.717) is 23.5 Å². The highest BCUT2D eigenvalue weighted by Crippen LogP contribution is 2.32. The Morgan fingerprint density at radius 1 is 1.21 bits per heavy atom. The molecule has 0 aliphatic carbocycles. The van der Waals surface area contributed by atoms with E-state index in [1.54, 1.807) is 18.2 Å². The van der Waals surface area contributed by atoms with Crippen molar-refractivity contribution in [3.63, 3.8) is 0 Å². The average molecular weight is 401 g/mol. The molecule has 1 fully saturated rings. The van der Waals surface area contributed by atoms with Gasteiger partial charge in [-0.05, 0) is 17.7 Å². The number of hydrogen-bond acceptors (Lipinski definition) is 9. The number of anilines is 1. The summed E-state index contributed by atoms with van der Waals surface area (Å²) in [4.78, 5) is 23.7. The standard InChI is InChI=1S/C18H19N5O6/c24-6-11-13(25)14(26)17(29-11)23-8-22-12-15(20-7-21-16(12)23)19-5-9-2-1-3-10(4-9)18(27)28/h1-4,7-8,11,13-14,17,24-26H,5-6H2,(H,27,28)(H,19,20,21)/t11-,13-,14-,17?/m1/s1. The molecule has 1 unspecified atom stereocenters. The molecule has 152 valence electrons. The maximum Gasteiger partial charge on any atom is 0.335 e. The molecule has 4 atom stereocenters. The van der Waals surface area contributed by atoms with Crippen molar-refractivity contribution in [2.75, 3.05) is 11.9 Å². The molecule has 4 rings (SSSR count). The molecule has 3 heterocycles. The van der Waals surface area contributed by atoms with Gasteiger partial charge in [-0.3, -0.25) is 4.57 Å². The Balaban J connectivity index is 1.58. The first-order chi connectivity index (χ1) is 14.0. The van der Waals surface area contributed by atoms with Crippen LogP contribution in [0.3, 0.4) is 0 Å². The minimum Gasteiger partial charge on any atom is -0.478 e. The van der Waals surface area contributed by atoms with E-state index in [9.17, 15) is 20.1 Å². The van der Waals surface area contributed by atoms with Gasteiger partial charge in [0.25, 0.3) is 0 Å². The van der Waals surface area contributed by atoms with Gasteiger partial charge in [0.15, 0.2) is 23.2 Å². The van der Waals surface area contributed by atoms with Gasteiger partial charge in [0, 0.05) is 6.54 Å². The largest absolute Gasteiger partial charge is 0.478 e. The molecule has 2 aromatic heterocycles. The molecule has 11 nitrogen and oxygen atoms in total. The number of aromatic carboxylic acids is 1. The molecular weight excluding hydrogens is 382 g/mol. The van der Waals surface area contributed by atoms with E-state index in [-0.39, 0.29) is 5.56 Å². The Morgan fingerprint density at radius 2 is 2.03 bits per heavy atom. The Kier molecular flexibility index (Phi) is 5.11. The van der Waals surface area contributed by atoms with Crippen molar-refractivity contribution in [1.29, 1.82) is 0 Å². The number of nitrogens with one attached hydrogen (secondary N) is 1. The Labute approximate surface area is 164 Å². The Bertz CT molecular complexity index is 1040. The van der Waals surface area contributed by atoms with Crippen LogP contribution >= 0.6 is 0 Å². The van der Waals surface area contributed by atoms with Gasteiger partial charge >= 0.3 is 5.97 Å². The molecule has 5 N–H and O–H groups in total. The number of imidazole rings is 1. The number of carbonyl (C=O) groups is 1. The third kappa shape index (κ3) is 3.51. The van der Waals surface area contributed by atoms with Gasteiger partial charge in [-0.1, -0.05) is 12.1 Å². The van der Waals surface area contributed by atoms with Gasteiger partial charge in [0.1, 0.15) is 24.6 Å². The first-order valence-corrected chi connectivity index (χ1v) is 8.85. The fourth-order valence-corrected chi connectivity index (χ4v) is 3.28. The van der Waals surface area contributed by atoms with Crippen LogP contribution < -0.4 is 5.32 Å². The number of carboxylic acid groups (broad SMARTS) is 1. The van der Waals surface area contributed by atoms with Gasteiger partial charge in [-0.15, -0.1) is 0 Å². The summed E-state index contributed by atoms with van der Waals surface area (Å²) in [6.45, 7) is -0.119. The normalized spacial score (nSPS) is 24.1. The summed E-state index contributed by atoms with van der Waals surface area (Å²) in [5, 5.41) is 41.7. The van der Waals surface area contributed by atoms with E-state index in [1.165, 1.54) is 23.3 Å². The van der Waals surface area contributed by atoms with Gasteiger partial charge in [-0.2, -0.15) is 0 Å². The second-order valence-electron chi connectivity index (χ2n) is 6.63. The molecule has 1 saturated heterocycles. The molecule has 1 aliphatic rings. The molecule has 29 heavy (non-hydrogen) atoms. The highest BCUT2D eigenvalue weighted by molar-refractivity contribution is 5.87. The number of nitrogens with zero attached hydrogens (tertiary/aromatic N) is 4. The lowest BCUT2D eigenvalue weighted by Crippen LogP contribution is -2.33. The van der Waals surface area contributed by atoms with Crippen LogP contribution in [0.1, 0.15) is 22.1 Å². The Hall–Kier alpha value is -3.12. The van der Waals surface area contributed by atoms with Crippen molar-refractivity contribution in [1.82, 2.24) is 19.5 Å². The maximum atomic E-state index is 11.1. The maximum absolute atomic E-state index is 11.1. The topological polar surface area (TPSA) is 163 Å². The first-order valence-electron chi connectivity index (χ1n) is 8.85.